The smallest absolute Gasteiger partial charge is 0.304 e. The number of ether oxygens (including phenoxy) is 1. The minimum Gasteiger partial charge on any atom is -0.493 e. The summed E-state index contributed by atoms with van der Waals surface area (Å²) in [5, 5.41) is 11.6. The largest absolute Gasteiger partial charge is 0.493 e. The number of benzene rings is 1. The molecule has 0 aliphatic carbocycles. The second kappa shape index (κ2) is 7.71. The van der Waals surface area contributed by atoms with Crippen LogP contribution in [-0.4, -0.2) is 24.2 Å². The van der Waals surface area contributed by atoms with E-state index in [1.54, 1.807) is 0 Å². The van der Waals surface area contributed by atoms with Crippen LogP contribution < -0.4 is 10.1 Å². The van der Waals surface area contributed by atoms with Crippen LogP contribution >= 0.6 is 0 Å². The molecule has 1 rings (SSSR count). The van der Waals surface area contributed by atoms with Gasteiger partial charge in [0.05, 0.1) is 13.0 Å². The summed E-state index contributed by atoms with van der Waals surface area (Å²) in [5.41, 5.74) is 1.10. The van der Waals surface area contributed by atoms with E-state index in [4.69, 9.17) is 9.84 Å². The van der Waals surface area contributed by atoms with Gasteiger partial charge >= 0.3 is 5.97 Å². The first-order valence-corrected chi connectivity index (χ1v) is 6.22. The molecule has 0 unspecified atom stereocenters. The summed E-state index contributed by atoms with van der Waals surface area (Å²) in [4.78, 5) is 10.4. The highest BCUT2D eigenvalue weighted by molar-refractivity contribution is 5.66. The van der Waals surface area contributed by atoms with Crippen LogP contribution in [0.4, 0.5) is 0 Å². The molecular weight excluding hydrogens is 230 g/mol. The molecule has 0 saturated heterocycles. The van der Waals surface area contributed by atoms with Gasteiger partial charge in [-0.1, -0.05) is 26.0 Å². The molecule has 1 aromatic carbocycles. The van der Waals surface area contributed by atoms with E-state index in [1.807, 2.05) is 24.3 Å². The topological polar surface area (TPSA) is 58.6 Å². The van der Waals surface area contributed by atoms with Crippen molar-refractivity contribution in [2.75, 3.05) is 13.2 Å². The summed E-state index contributed by atoms with van der Waals surface area (Å²) in [6.07, 6.45) is 0.142. The monoisotopic (exact) mass is 251 g/mol. The molecule has 0 spiro atoms. The van der Waals surface area contributed by atoms with Gasteiger partial charge in [0.25, 0.3) is 0 Å². The molecule has 18 heavy (non-hydrogen) atoms. The molecule has 0 heterocycles. The number of carboxylic acid groups (broad SMARTS) is 1. The number of hydrogen-bond donors (Lipinski definition) is 2. The fourth-order valence-electron chi connectivity index (χ4n) is 1.44. The Morgan fingerprint density at radius 3 is 2.89 bits per heavy atom. The van der Waals surface area contributed by atoms with Crippen molar-refractivity contribution >= 4 is 5.97 Å². The van der Waals surface area contributed by atoms with Crippen molar-refractivity contribution in [2.45, 2.75) is 26.8 Å². The predicted octanol–water partition coefficient (Wildman–Crippen LogP) is 2.29. The highest BCUT2D eigenvalue weighted by Gasteiger charge is 2.00. The first-order chi connectivity index (χ1) is 8.58. The molecule has 0 saturated carbocycles. The van der Waals surface area contributed by atoms with Gasteiger partial charge in [-0.3, -0.25) is 4.79 Å². The van der Waals surface area contributed by atoms with Crippen molar-refractivity contribution < 1.29 is 14.6 Å². The third-order valence-corrected chi connectivity index (χ3v) is 2.33. The first kappa shape index (κ1) is 14.5. The first-order valence-electron chi connectivity index (χ1n) is 6.22. The van der Waals surface area contributed by atoms with Gasteiger partial charge in [-0.2, -0.15) is 0 Å². The van der Waals surface area contributed by atoms with Crippen LogP contribution in [0.3, 0.4) is 0 Å². The summed E-state index contributed by atoms with van der Waals surface area (Å²) in [6, 6.07) is 7.86. The lowest BCUT2D eigenvalue weighted by Crippen LogP contribution is -2.17. The van der Waals surface area contributed by atoms with E-state index in [0.29, 0.717) is 25.6 Å². The molecule has 1 aromatic rings. The van der Waals surface area contributed by atoms with Gasteiger partial charge in [-0.15, -0.1) is 0 Å². The molecule has 0 amide bonds. The van der Waals surface area contributed by atoms with Crippen molar-refractivity contribution in [1.29, 1.82) is 0 Å². The maximum absolute atomic E-state index is 10.4. The predicted molar refractivity (Wildman–Crippen MR) is 70.7 cm³/mol. The number of rotatable bonds is 8. The standard InChI is InChI=1S/C14H21NO3/c1-11(2)10-18-13-5-3-4-12(8-13)9-15-7-6-14(16)17/h3-5,8,11,15H,6-7,9-10H2,1-2H3,(H,16,17). The minimum atomic E-state index is -0.781. The van der Waals surface area contributed by atoms with Crippen LogP contribution in [0.15, 0.2) is 24.3 Å². The van der Waals surface area contributed by atoms with Crippen LogP contribution in [-0.2, 0) is 11.3 Å². The molecule has 0 aromatic heterocycles. The zero-order valence-electron chi connectivity index (χ0n) is 11.0. The maximum Gasteiger partial charge on any atom is 0.304 e. The van der Waals surface area contributed by atoms with Crippen molar-refractivity contribution in [3.63, 3.8) is 0 Å². The van der Waals surface area contributed by atoms with Gasteiger partial charge in [0.1, 0.15) is 5.75 Å². The summed E-state index contributed by atoms with van der Waals surface area (Å²) in [6.45, 7) is 6.06. The van der Waals surface area contributed by atoms with Crippen LogP contribution in [0.5, 0.6) is 5.75 Å². The summed E-state index contributed by atoms with van der Waals surface area (Å²) in [7, 11) is 0. The van der Waals surface area contributed by atoms with E-state index < -0.39 is 5.97 Å². The molecular formula is C14H21NO3. The third kappa shape index (κ3) is 6.25. The molecule has 4 heteroatoms. The van der Waals surface area contributed by atoms with Gasteiger partial charge in [0.15, 0.2) is 0 Å². The molecule has 0 atom stereocenters. The molecule has 0 fully saturated rings. The highest BCUT2D eigenvalue weighted by Crippen LogP contribution is 2.14. The highest BCUT2D eigenvalue weighted by atomic mass is 16.5. The SMILES string of the molecule is CC(C)COc1cccc(CNCCC(=O)O)c1. The molecule has 2 N–H and O–H groups in total. The Labute approximate surface area is 108 Å². The van der Waals surface area contributed by atoms with E-state index in [1.165, 1.54) is 0 Å². The Kier molecular flexibility index (Phi) is 6.22. The number of aliphatic carboxylic acids is 1. The number of carbonyl (C=O) groups is 1. The van der Waals surface area contributed by atoms with Crippen molar-refractivity contribution in [2.24, 2.45) is 5.92 Å². The summed E-state index contributed by atoms with van der Waals surface area (Å²) < 4.78 is 5.63. The average molecular weight is 251 g/mol. The number of carboxylic acids is 1. The van der Waals surface area contributed by atoms with Crippen LogP contribution in [0, 0.1) is 5.92 Å². The quantitative estimate of drug-likeness (QED) is 0.696. The molecule has 100 valence electrons. The fourth-order valence-corrected chi connectivity index (χ4v) is 1.44. The second-order valence-electron chi connectivity index (χ2n) is 4.67. The van der Waals surface area contributed by atoms with Crippen molar-refractivity contribution in [3.05, 3.63) is 29.8 Å². The van der Waals surface area contributed by atoms with Gasteiger partial charge < -0.3 is 15.2 Å². The maximum atomic E-state index is 10.4. The van der Waals surface area contributed by atoms with Crippen molar-refractivity contribution in [1.82, 2.24) is 5.32 Å². The molecule has 0 aliphatic heterocycles. The lowest BCUT2D eigenvalue weighted by molar-refractivity contribution is -0.136. The lowest BCUT2D eigenvalue weighted by Gasteiger charge is -2.10. The average Bonchev–Trinajstić information content (AvgIpc) is 2.32. The molecule has 0 radical (unpaired) electrons. The van der Waals surface area contributed by atoms with E-state index in [2.05, 4.69) is 19.2 Å². The Morgan fingerprint density at radius 1 is 1.44 bits per heavy atom. The number of nitrogens with one attached hydrogen (secondary N) is 1. The lowest BCUT2D eigenvalue weighted by atomic mass is 10.2. The van der Waals surface area contributed by atoms with E-state index in [9.17, 15) is 4.79 Å². The zero-order chi connectivity index (χ0) is 13.4. The summed E-state index contributed by atoms with van der Waals surface area (Å²) >= 11 is 0. The Bertz CT molecular complexity index is 377. The van der Waals surface area contributed by atoms with Crippen LogP contribution in [0.25, 0.3) is 0 Å². The van der Waals surface area contributed by atoms with Gasteiger partial charge in [-0.05, 0) is 23.6 Å². The van der Waals surface area contributed by atoms with Gasteiger partial charge in [-0.25, -0.2) is 0 Å². The van der Waals surface area contributed by atoms with Crippen molar-refractivity contribution in [3.8, 4) is 5.75 Å². The van der Waals surface area contributed by atoms with E-state index in [0.717, 1.165) is 11.3 Å². The van der Waals surface area contributed by atoms with Crippen LogP contribution in [0.1, 0.15) is 25.8 Å². The number of hydrogen-bond acceptors (Lipinski definition) is 3. The molecule has 4 nitrogen and oxygen atoms in total. The summed E-state index contributed by atoms with van der Waals surface area (Å²) in [5.74, 6) is 0.583. The van der Waals surface area contributed by atoms with E-state index in [-0.39, 0.29) is 6.42 Å². The van der Waals surface area contributed by atoms with Gasteiger partial charge in [0.2, 0.25) is 0 Å². The Balaban J connectivity index is 2.37. The van der Waals surface area contributed by atoms with E-state index >= 15 is 0 Å². The Hall–Kier alpha value is -1.55. The third-order valence-electron chi connectivity index (χ3n) is 2.33. The zero-order valence-corrected chi connectivity index (χ0v) is 11.0. The van der Waals surface area contributed by atoms with Crippen LogP contribution in [0.2, 0.25) is 0 Å². The van der Waals surface area contributed by atoms with Gasteiger partial charge in [0, 0.05) is 13.1 Å². The normalized spacial score (nSPS) is 10.6. The minimum absolute atomic E-state index is 0.142. The Morgan fingerprint density at radius 2 is 2.22 bits per heavy atom. The fraction of sp³-hybridized carbons (Fsp3) is 0.500. The molecule has 0 bridgehead atoms. The second-order valence-corrected chi connectivity index (χ2v) is 4.67. The molecule has 0 aliphatic rings.